The van der Waals surface area contributed by atoms with Crippen LogP contribution in [0.15, 0.2) is 11.6 Å². The Balaban J connectivity index is 2.33. The molecule has 0 aliphatic heterocycles. The molecule has 0 amide bonds. The Morgan fingerprint density at radius 2 is 2.33 bits per heavy atom. The van der Waals surface area contributed by atoms with Crippen LogP contribution in [0.4, 0.5) is 0 Å². The lowest BCUT2D eigenvalue weighted by atomic mass is 10.3. The van der Waals surface area contributed by atoms with Gasteiger partial charge in [0.15, 0.2) is 0 Å². The highest BCUT2D eigenvalue weighted by Gasteiger charge is 2.10. The van der Waals surface area contributed by atoms with E-state index in [2.05, 4.69) is 15.0 Å². The van der Waals surface area contributed by atoms with Gasteiger partial charge in [0.1, 0.15) is 5.01 Å². The van der Waals surface area contributed by atoms with Crippen molar-refractivity contribution >= 4 is 21.4 Å². The molecule has 7 heteroatoms. The van der Waals surface area contributed by atoms with Gasteiger partial charge in [0.2, 0.25) is 10.0 Å². The van der Waals surface area contributed by atoms with E-state index in [9.17, 15) is 8.42 Å². The van der Waals surface area contributed by atoms with Crippen LogP contribution in [0.1, 0.15) is 18.0 Å². The summed E-state index contributed by atoms with van der Waals surface area (Å²) in [5.74, 6) is 0.0826. The molecule has 2 N–H and O–H groups in total. The normalized spacial score (nSPS) is 14.0. The van der Waals surface area contributed by atoms with E-state index in [1.807, 2.05) is 12.3 Å². The van der Waals surface area contributed by atoms with Crippen LogP contribution in [0, 0.1) is 0 Å². The second-order valence-electron chi connectivity index (χ2n) is 3.07. The van der Waals surface area contributed by atoms with E-state index in [1.165, 1.54) is 7.05 Å². The zero-order valence-electron chi connectivity index (χ0n) is 8.73. The minimum Gasteiger partial charge on any atom is -0.307 e. The number of sulfonamides is 1. The van der Waals surface area contributed by atoms with Crippen LogP contribution in [-0.2, 0) is 10.0 Å². The molecular weight excluding hydrogens is 234 g/mol. The molecule has 0 aromatic carbocycles. The summed E-state index contributed by atoms with van der Waals surface area (Å²) >= 11 is 1.56. The number of hydrogen-bond donors (Lipinski definition) is 2. The summed E-state index contributed by atoms with van der Waals surface area (Å²) in [4.78, 5) is 4.14. The van der Waals surface area contributed by atoms with Crippen LogP contribution in [0.2, 0.25) is 0 Å². The van der Waals surface area contributed by atoms with E-state index in [1.54, 1.807) is 17.5 Å². The summed E-state index contributed by atoms with van der Waals surface area (Å²) in [5.41, 5.74) is 0. The summed E-state index contributed by atoms with van der Waals surface area (Å²) in [5, 5.41) is 5.97. The Kier molecular flexibility index (Phi) is 4.65. The number of aromatic nitrogens is 1. The number of nitrogens with one attached hydrogen (secondary N) is 2. The molecule has 0 fully saturated rings. The molecule has 1 heterocycles. The van der Waals surface area contributed by atoms with E-state index in [-0.39, 0.29) is 11.8 Å². The van der Waals surface area contributed by atoms with Crippen molar-refractivity contribution in [3.63, 3.8) is 0 Å². The second-order valence-corrected chi connectivity index (χ2v) is 6.04. The first-order valence-electron chi connectivity index (χ1n) is 4.59. The average molecular weight is 249 g/mol. The predicted octanol–water partition coefficient (Wildman–Crippen LogP) is 0.343. The minimum absolute atomic E-state index is 0.0826. The van der Waals surface area contributed by atoms with Crippen molar-refractivity contribution < 1.29 is 8.42 Å². The van der Waals surface area contributed by atoms with Gasteiger partial charge in [-0.3, -0.25) is 0 Å². The molecule has 15 heavy (non-hydrogen) atoms. The fraction of sp³-hybridized carbons (Fsp3) is 0.625. The predicted molar refractivity (Wildman–Crippen MR) is 61.4 cm³/mol. The second kappa shape index (κ2) is 5.55. The Hall–Kier alpha value is -0.500. The van der Waals surface area contributed by atoms with Gasteiger partial charge < -0.3 is 5.32 Å². The van der Waals surface area contributed by atoms with Crippen LogP contribution in [-0.4, -0.2) is 32.7 Å². The highest BCUT2D eigenvalue weighted by Crippen LogP contribution is 2.13. The summed E-state index contributed by atoms with van der Waals surface area (Å²) in [7, 11) is -1.70. The smallest absolute Gasteiger partial charge is 0.212 e. The van der Waals surface area contributed by atoms with Crippen LogP contribution in [0.5, 0.6) is 0 Å². The van der Waals surface area contributed by atoms with Gasteiger partial charge in [-0.15, -0.1) is 11.3 Å². The summed E-state index contributed by atoms with van der Waals surface area (Å²) in [6.07, 6.45) is 1.74. The lowest BCUT2D eigenvalue weighted by molar-refractivity contribution is 0.566. The molecule has 1 rings (SSSR count). The molecule has 86 valence electrons. The van der Waals surface area contributed by atoms with Crippen molar-refractivity contribution in [3.05, 3.63) is 16.6 Å². The van der Waals surface area contributed by atoms with Gasteiger partial charge in [0.25, 0.3) is 0 Å². The summed E-state index contributed by atoms with van der Waals surface area (Å²) in [6, 6.07) is 0.0945. The van der Waals surface area contributed by atoms with Crippen LogP contribution >= 0.6 is 11.3 Å². The lowest BCUT2D eigenvalue weighted by Gasteiger charge is -2.10. The van der Waals surface area contributed by atoms with Crippen LogP contribution in [0.25, 0.3) is 0 Å². The van der Waals surface area contributed by atoms with Gasteiger partial charge in [-0.1, -0.05) is 0 Å². The molecule has 0 radical (unpaired) electrons. The van der Waals surface area contributed by atoms with E-state index in [0.29, 0.717) is 6.54 Å². The summed E-state index contributed by atoms with van der Waals surface area (Å²) < 4.78 is 24.5. The first kappa shape index (κ1) is 12.6. The third-order valence-electron chi connectivity index (χ3n) is 1.95. The van der Waals surface area contributed by atoms with Crippen molar-refractivity contribution in [2.24, 2.45) is 0 Å². The molecule has 0 saturated heterocycles. The molecule has 1 atom stereocenters. The zero-order valence-corrected chi connectivity index (χ0v) is 10.4. The maximum atomic E-state index is 11.1. The number of hydrogen-bond acceptors (Lipinski definition) is 5. The fourth-order valence-corrected chi connectivity index (χ4v) is 2.31. The average Bonchev–Trinajstić information content (AvgIpc) is 2.70. The fourth-order valence-electron chi connectivity index (χ4n) is 1.05. The third kappa shape index (κ3) is 4.25. The first-order chi connectivity index (χ1) is 7.05. The maximum absolute atomic E-state index is 11.1. The van der Waals surface area contributed by atoms with Gasteiger partial charge >= 0.3 is 0 Å². The molecule has 0 saturated carbocycles. The van der Waals surface area contributed by atoms with E-state index >= 15 is 0 Å². The van der Waals surface area contributed by atoms with Crippen molar-refractivity contribution in [2.75, 3.05) is 19.3 Å². The SMILES string of the molecule is CNS(=O)(=O)CCNC(C)c1nccs1. The van der Waals surface area contributed by atoms with Crippen molar-refractivity contribution in [1.82, 2.24) is 15.0 Å². The topological polar surface area (TPSA) is 71.1 Å². The number of rotatable bonds is 6. The molecule has 0 spiro atoms. The molecule has 0 aliphatic carbocycles. The Morgan fingerprint density at radius 3 is 2.87 bits per heavy atom. The van der Waals surface area contributed by atoms with Crippen LogP contribution < -0.4 is 10.0 Å². The Bertz CT molecular complexity index is 375. The highest BCUT2D eigenvalue weighted by molar-refractivity contribution is 7.89. The van der Waals surface area contributed by atoms with Gasteiger partial charge in [-0.2, -0.15) is 0 Å². The standard InChI is InChI=1S/C8H15N3O2S2/c1-7(8-11-3-5-14-8)10-4-6-15(12,13)9-2/h3,5,7,9-10H,4,6H2,1-2H3. The zero-order chi connectivity index (χ0) is 11.3. The monoisotopic (exact) mass is 249 g/mol. The molecular formula is C8H15N3O2S2. The molecule has 1 aromatic heterocycles. The van der Waals surface area contributed by atoms with Gasteiger partial charge in [-0.25, -0.2) is 18.1 Å². The minimum atomic E-state index is -3.11. The van der Waals surface area contributed by atoms with Crippen molar-refractivity contribution in [3.8, 4) is 0 Å². The molecule has 1 aromatic rings. The maximum Gasteiger partial charge on any atom is 0.212 e. The first-order valence-corrected chi connectivity index (χ1v) is 7.12. The third-order valence-corrected chi connectivity index (χ3v) is 4.28. The Morgan fingerprint density at radius 1 is 1.60 bits per heavy atom. The molecule has 0 aliphatic rings. The molecule has 1 unspecified atom stereocenters. The van der Waals surface area contributed by atoms with E-state index in [0.717, 1.165) is 5.01 Å². The quantitative estimate of drug-likeness (QED) is 0.763. The van der Waals surface area contributed by atoms with Crippen molar-refractivity contribution in [1.29, 1.82) is 0 Å². The lowest BCUT2D eigenvalue weighted by Crippen LogP contribution is -2.30. The molecule has 0 bridgehead atoms. The summed E-state index contributed by atoms with van der Waals surface area (Å²) in [6.45, 7) is 2.38. The van der Waals surface area contributed by atoms with Gasteiger partial charge in [0.05, 0.1) is 11.8 Å². The molecule has 5 nitrogen and oxygen atoms in total. The Labute approximate surface area is 94.0 Å². The highest BCUT2D eigenvalue weighted by atomic mass is 32.2. The van der Waals surface area contributed by atoms with Crippen LogP contribution in [0.3, 0.4) is 0 Å². The van der Waals surface area contributed by atoms with Gasteiger partial charge in [-0.05, 0) is 14.0 Å². The largest absolute Gasteiger partial charge is 0.307 e. The van der Waals surface area contributed by atoms with Gasteiger partial charge in [0, 0.05) is 18.1 Å². The van der Waals surface area contributed by atoms with E-state index in [4.69, 9.17) is 0 Å². The number of thiazole rings is 1. The van der Waals surface area contributed by atoms with E-state index < -0.39 is 10.0 Å². The number of nitrogens with zero attached hydrogens (tertiary/aromatic N) is 1. The van der Waals surface area contributed by atoms with Crippen molar-refractivity contribution in [2.45, 2.75) is 13.0 Å².